The molecule has 3 fully saturated rings. The third-order valence-electron chi connectivity index (χ3n) is 7.19. The maximum Gasteiger partial charge on any atom is 0.311 e. The third-order valence-corrected chi connectivity index (χ3v) is 7.19. The highest BCUT2D eigenvalue weighted by Gasteiger charge is 2.31. The van der Waals surface area contributed by atoms with E-state index in [1.807, 2.05) is 13.0 Å². The van der Waals surface area contributed by atoms with Gasteiger partial charge in [-0.15, -0.1) is 0 Å². The first kappa shape index (κ1) is 21.3. The Morgan fingerprint density at radius 2 is 1.53 bits per heavy atom. The van der Waals surface area contributed by atoms with Crippen molar-refractivity contribution in [3.63, 3.8) is 0 Å². The van der Waals surface area contributed by atoms with E-state index in [0.717, 1.165) is 56.3 Å². The summed E-state index contributed by atoms with van der Waals surface area (Å²) in [5, 5.41) is 14.7. The lowest BCUT2D eigenvalue weighted by atomic mass is 9.99. The number of ether oxygens (including phenoxy) is 1. The van der Waals surface area contributed by atoms with Crippen LogP contribution >= 0.6 is 0 Å². The molecular formula is C22H35N5O3. The normalized spacial score (nSPS) is 22.9. The molecule has 0 aliphatic carbocycles. The second-order valence-electron chi connectivity index (χ2n) is 8.84. The van der Waals surface area contributed by atoms with Gasteiger partial charge < -0.3 is 15.0 Å². The van der Waals surface area contributed by atoms with Crippen molar-refractivity contribution in [3.05, 3.63) is 27.8 Å². The summed E-state index contributed by atoms with van der Waals surface area (Å²) in [7, 11) is 1.50. The van der Waals surface area contributed by atoms with Gasteiger partial charge in [0.15, 0.2) is 5.75 Å². The molecule has 0 amide bonds. The van der Waals surface area contributed by atoms with E-state index in [1.54, 1.807) is 6.07 Å². The number of anilines is 1. The van der Waals surface area contributed by atoms with E-state index < -0.39 is 0 Å². The maximum absolute atomic E-state index is 11.3. The zero-order valence-corrected chi connectivity index (χ0v) is 18.3. The SMILES string of the molecule is COc1cc(N2CCC(N3CCN(C4CCNCC4)CC3)CC2)c(C)cc1[N+](=O)[O-]. The van der Waals surface area contributed by atoms with Crippen LogP contribution in [0.5, 0.6) is 5.75 Å². The van der Waals surface area contributed by atoms with Crippen LogP contribution in [0.25, 0.3) is 0 Å². The molecule has 8 heteroatoms. The first-order chi connectivity index (χ1) is 14.6. The highest BCUT2D eigenvalue weighted by atomic mass is 16.6. The second kappa shape index (κ2) is 9.49. The Morgan fingerprint density at radius 3 is 2.07 bits per heavy atom. The number of nitrogens with zero attached hydrogens (tertiary/aromatic N) is 4. The molecule has 1 aromatic rings. The first-order valence-corrected chi connectivity index (χ1v) is 11.3. The van der Waals surface area contributed by atoms with Gasteiger partial charge in [-0.05, 0) is 51.3 Å². The van der Waals surface area contributed by atoms with Crippen LogP contribution in [0, 0.1) is 17.0 Å². The molecule has 0 aromatic heterocycles. The van der Waals surface area contributed by atoms with E-state index in [2.05, 4.69) is 20.0 Å². The Labute approximate surface area is 179 Å². The molecular weight excluding hydrogens is 382 g/mol. The summed E-state index contributed by atoms with van der Waals surface area (Å²) in [6, 6.07) is 4.90. The van der Waals surface area contributed by atoms with E-state index in [-0.39, 0.29) is 10.6 Å². The zero-order valence-electron chi connectivity index (χ0n) is 18.3. The van der Waals surface area contributed by atoms with Crippen molar-refractivity contribution >= 4 is 11.4 Å². The first-order valence-electron chi connectivity index (χ1n) is 11.3. The number of rotatable bonds is 5. The zero-order chi connectivity index (χ0) is 21.1. The molecule has 0 spiro atoms. The number of hydrogen-bond donors (Lipinski definition) is 1. The van der Waals surface area contributed by atoms with Crippen molar-refractivity contribution in [2.24, 2.45) is 0 Å². The molecule has 166 valence electrons. The van der Waals surface area contributed by atoms with Crippen molar-refractivity contribution < 1.29 is 9.66 Å². The average Bonchev–Trinajstić information content (AvgIpc) is 2.80. The van der Waals surface area contributed by atoms with Gasteiger partial charge in [0.05, 0.1) is 12.0 Å². The highest BCUT2D eigenvalue weighted by Crippen LogP contribution is 2.36. The number of hydrogen-bond acceptors (Lipinski definition) is 7. The molecule has 3 aliphatic heterocycles. The molecule has 3 heterocycles. The van der Waals surface area contributed by atoms with Crippen LogP contribution in [0.3, 0.4) is 0 Å². The van der Waals surface area contributed by atoms with Crippen molar-refractivity contribution in [2.45, 2.75) is 44.7 Å². The number of nitrogens with one attached hydrogen (secondary N) is 1. The standard InChI is InChI=1S/C22H35N5O3/c1-17-15-21(27(28)29)22(30-2)16-20(17)26-9-5-19(6-10-26)25-13-11-24(12-14-25)18-3-7-23-8-4-18/h15-16,18-19,23H,3-14H2,1-2H3. The lowest BCUT2D eigenvalue weighted by molar-refractivity contribution is -0.385. The van der Waals surface area contributed by atoms with Crippen molar-refractivity contribution in [3.8, 4) is 5.75 Å². The minimum atomic E-state index is -0.370. The van der Waals surface area contributed by atoms with Gasteiger partial charge >= 0.3 is 5.69 Å². The van der Waals surface area contributed by atoms with Gasteiger partial charge in [0.1, 0.15) is 0 Å². The largest absolute Gasteiger partial charge is 0.490 e. The van der Waals surface area contributed by atoms with E-state index in [1.165, 1.54) is 46.1 Å². The predicted molar refractivity (Wildman–Crippen MR) is 119 cm³/mol. The van der Waals surface area contributed by atoms with Crippen molar-refractivity contribution in [1.29, 1.82) is 0 Å². The Kier molecular flexibility index (Phi) is 6.75. The van der Waals surface area contributed by atoms with Crippen LogP contribution in [0.4, 0.5) is 11.4 Å². The van der Waals surface area contributed by atoms with E-state index in [4.69, 9.17) is 4.74 Å². The Morgan fingerprint density at radius 1 is 0.967 bits per heavy atom. The van der Waals surface area contributed by atoms with Gasteiger partial charge in [0, 0.05) is 69.2 Å². The van der Waals surface area contributed by atoms with Crippen LogP contribution in [0.2, 0.25) is 0 Å². The monoisotopic (exact) mass is 417 g/mol. The smallest absolute Gasteiger partial charge is 0.311 e. The Balaban J connectivity index is 1.32. The number of piperidine rings is 2. The fourth-order valence-electron chi connectivity index (χ4n) is 5.42. The lowest BCUT2D eigenvalue weighted by Gasteiger charge is -2.45. The van der Waals surface area contributed by atoms with Crippen molar-refractivity contribution in [1.82, 2.24) is 15.1 Å². The molecule has 0 bridgehead atoms. The predicted octanol–water partition coefficient (Wildman–Crippen LogP) is 2.25. The summed E-state index contributed by atoms with van der Waals surface area (Å²) < 4.78 is 5.28. The van der Waals surface area contributed by atoms with E-state index in [9.17, 15) is 10.1 Å². The summed E-state index contributed by atoms with van der Waals surface area (Å²) in [5.74, 6) is 0.344. The molecule has 0 atom stereocenters. The average molecular weight is 418 g/mol. The molecule has 0 saturated carbocycles. The molecule has 8 nitrogen and oxygen atoms in total. The Bertz CT molecular complexity index is 737. The molecule has 4 rings (SSSR count). The number of nitro groups is 1. The lowest BCUT2D eigenvalue weighted by Crippen LogP contribution is -2.56. The van der Waals surface area contributed by atoms with Gasteiger partial charge in [-0.1, -0.05) is 0 Å². The third kappa shape index (κ3) is 4.55. The molecule has 1 aromatic carbocycles. The summed E-state index contributed by atoms with van der Waals surface area (Å²) in [5.41, 5.74) is 2.04. The molecule has 3 aliphatic rings. The van der Waals surface area contributed by atoms with Crippen LogP contribution < -0.4 is 15.0 Å². The number of methoxy groups -OCH3 is 1. The van der Waals surface area contributed by atoms with E-state index in [0.29, 0.717) is 11.8 Å². The fourth-order valence-corrected chi connectivity index (χ4v) is 5.42. The van der Waals surface area contributed by atoms with Gasteiger partial charge in [0.25, 0.3) is 0 Å². The number of nitro benzene ring substituents is 1. The molecule has 1 N–H and O–H groups in total. The topological polar surface area (TPSA) is 74.1 Å². The molecule has 3 saturated heterocycles. The number of piperazine rings is 1. The second-order valence-corrected chi connectivity index (χ2v) is 8.84. The molecule has 30 heavy (non-hydrogen) atoms. The van der Waals surface area contributed by atoms with Gasteiger partial charge in [-0.2, -0.15) is 0 Å². The highest BCUT2D eigenvalue weighted by molar-refractivity contribution is 5.64. The quantitative estimate of drug-likeness (QED) is 0.582. The van der Waals surface area contributed by atoms with Crippen molar-refractivity contribution in [2.75, 3.05) is 64.4 Å². The van der Waals surface area contributed by atoms with Gasteiger partial charge in [0.2, 0.25) is 0 Å². The van der Waals surface area contributed by atoms with Crippen LogP contribution in [-0.2, 0) is 0 Å². The molecule has 0 radical (unpaired) electrons. The van der Waals surface area contributed by atoms with Crippen LogP contribution in [-0.4, -0.2) is 86.3 Å². The van der Waals surface area contributed by atoms with Crippen LogP contribution in [0.1, 0.15) is 31.2 Å². The maximum atomic E-state index is 11.3. The minimum absolute atomic E-state index is 0.0419. The van der Waals surface area contributed by atoms with E-state index >= 15 is 0 Å². The summed E-state index contributed by atoms with van der Waals surface area (Å²) in [6.07, 6.45) is 4.87. The minimum Gasteiger partial charge on any atom is -0.490 e. The number of benzene rings is 1. The number of aryl methyl sites for hydroxylation is 1. The Hall–Kier alpha value is -1.90. The van der Waals surface area contributed by atoms with Crippen LogP contribution in [0.15, 0.2) is 12.1 Å². The van der Waals surface area contributed by atoms with Gasteiger partial charge in [-0.25, -0.2) is 0 Å². The summed E-state index contributed by atoms with van der Waals surface area (Å²) in [6.45, 7) is 11.0. The molecule has 0 unspecified atom stereocenters. The summed E-state index contributed by atoms with van der Waals surface area (Å²) >= 11 is 0. The van der Waals surface area contributed by atoms with Gasteiger partial charge in [-0.3, -0.25) is 19.9 Å². The fraction of sp³-hybridized carbons (Fsp3) is 0.727. The summed E-state index contributed by atoms with van der Waals surface area (Å²) in [4.78, 5) is 18.7.